The van der Waals surface area contributed by atoms with Crippen LogP contribution in [-0.4, -0.2) is 56.7 Å². The number of rotatable bonds is 5. The SMILES string of the molecule is COC(=O)c1[nH]c2ccc(Cl)cc2c1NC(=O)C[NH+]1CCN(c2ccccc2F)CC1. The number of carbonyl (C=O) groups is 2. The molecule has 31 heavy (non-hydrogen) atoms. The summed E-state index contributed by atoms with van der Waals surface area (Å²) in [4.78, 5) is 31.0. The molecule has 1 aliphatic heterocycles. The number of hydrogen-bond donors (Lipinski definition) is 3. The van der Waals surface area contributed by atoms with Crippen LogP contribution in [0.2, 0.25) is 5.02 Å². The molecule has 1 amide bonds. The standard InChI is InChI=1S/C22H22ClFN4O3/c1-31-22(30)21-20(15-12-14(23)6-7-17(15)25-21)26-19(29)13-27-8-10-28(11-9-27)18-5-3-2-4-16(18)24/h2-7,12,25H,8-11,13H2,1H3,(H,26,29)/p+1. The van der Waals surface area contributed by atoms with Crippen LogP contribution in [-0.2, 0) is 9.53 Å². The number of para-hydroxylation sites is 1. The Morgan fingerprint density at radius 3 is 2.68 bits per heavy atom. The molecule has 0 spiro atoms. The molecule has 1 saturated heterocycles. The van der Waals surface area contributed by atoms with Gasteiger partial charge in [0.2, 0.25) is 0 Å². The van der Waals surface area contributed by atoms with Gasteiger partial charge in [0.1, 0.15) is 11.5 Å². The van der Waals surface area contributed by atoms with E-state index in [1.54, 1.807) is 30.3 Å². The van der Waals surface area contributed by atoms with E-state index >= 15 is 0 Å². The summed E-state index contributed by atoms with van der Waals surface area (Å²) in [7, 11) is 1.28. The minimum absolute atomic E-state index is 0.174. The number of aromatic amines is 1. The van der Waals surface area contributed by atoms with Gasteiger partial charge in [-0.15, -0.1) is 0 Å². The van der Waals surface area contributed by atoms with E-state index in [0.717, 1.165) is 4.90 Å². The van der Waals surface area contributed by atoms with Crippen LogP contribution in [0, 0.1) is 5.82 Å². The Balaban J connectivity index is 1.44. The summed E-state index contributed by atoms with van der Waals surface area (Å²) in [6, 6.07) is 11.8. The molecule has 3 aromatic rings. The number of anilines is 2. The smallest absolute Gasteiger partial charge is 0.356 e. The third-order valence-corrected chi connectivity index (χ3v) is 5.72. The Bertz CT molecular complexity index is 1130. The third kappa shape index (κ3) is 4.50. The van der Waals surface area contributed by atoms with Gasteiger partial charge in [0, 0.05) is 15.9 Å². The van der Waals surface area contributed by atoms with E-state index < -0.39 is 5.97 Å². The molecule has 0 aliphatic carbocycles. The number of carbonyl (C=O) groups excluding carboxylic acids is 2. The number of piperazine rings is 1. The molecule has 0 saturated carbocycles. The van der Waals surface area contributed by atoms with E-state index in [9.17, 15) is 14.0 Å². The second kappa shape index (κ2) is 8.95. The van der Waals surface area contributed by atoms with E-state index in [2.05, 4.69) is 10.3 Å². The van der Waals surface area contributed by atoms with Gasteiger partial charge >= 0.3 is 5.97 Å². The fourth-order valence-corrected chi connectivity index (χ4v) is 4.08. The summed E-state index contributed by atoms with van der Waals surface area (Å²) >= 11 is 6.10. The minimum atomic E-state index is -0.575. The van der Waals surface area contributed by atoms with Crippen LogP contribution in [0.15, 0.2) is 42.5 Å². The molecular weight excluding hydrogens is 423 g/mol. The number of hydrogen-bond acceptors (Lipinski definition) is 4. The lowest BCUT2D eigenvalue weighted by Crippen LogP contribution is -3.15. The van der Waals surface area contributed by atoms with Crippen molar-refractivity contribution in [3.63, 3.8) is 0 Å². The fraction of sp³-hybridized carbons (Fsp3) is 0.273. The monoisotopic (exact) mass is 445 g/mol. The number of quaternary nitrogens is 1. The lowest BCUT2D eigenvalue weighted by Gasteiger charge is -2.33. The van der Waals surface area contributed by atoms with Crippen molar-refractivity contribution in [1.82, 2.24) is 4.98 Å². The normalized spacial score (nSPS) is 14.6. The molecule has 162 valence electrons. The van der Waals surface area contributed by atoms with Crippen molar-refractivity contribution in [3.8, 4) is 0 Å². The zero-order valence-corrected chi connectivity index (χ0v) is 17.8. The number of ether oxygens (including phenoxy) is 1. The fourth-order valence-electron chi connectivity index (χ4n) is 3.91. The quantitative estimate of drug-likeness (QED) is 0.525. The van der Waals surface area contributed by atoms with E-state index in [0.29, 0.717) is 53.5 Å². The highest BCUT2D eigenvalue weighted by atomic mass is 35.5. The molecule has 1 aromatic heterocycles. The van der Waals surface area contributed by atoms with Crippen LogP contribution in [0.25, 0.3) is 10.9 Å². The first kappa shape index (κ1) is 21.1. The number of nitrogens with zero attached hydrogens (tertiary/aromatic N) is 1. The number of halogens is 2. The van der Waals surface area contributed by atoms with Gasteiger partial charge in [0.05, 0.1) is 44.7 Å². The number of fused-ring (bicyclic) bond motifs is 1. The van der Waals surface area contributed by atoms with Crippen LogP contribution in [0.5, 0.6) is 0 Å². The van der Waals surface area contributed by atoms with Gasteiger partial charge in [0.15, 0.2) is 6.54 Å². The maximum absolute atomic E-state index is 14.0. The van der Waals surface area contributed by atoms with Crippen molar-refractivity contribution in [1.29, 1.82) is 0 Å². The molecule has 2 heterocycles. The molecule has 0 unspecified atom stereocenters. The zero-order chi connectivity index (χ0) is 22.0. The van der Waals surface area contributed by atoms with Crippen LogP contribution in [0.1, 0.15) is 10.5 Å². The van der Waals surface area contributed by atoms with Crippen LogP contribution in [0.3, 0.4) is 0 Å². The molecular formula is C22H23ClFN4O3+. The molecule has 0 atom stereocenters. The molecule has 9 heteroatoms. The average molecular weight is 446 g/mol. The highest BCUT2D eigenvalue weighted by Gasteiger charge is 2.26. The summed E-state index contributed by atoms with van der Waals surface area (Å²) in [6.07, 6.45) is 0. The average Bonchev–Trinajstić information content (AvgIpc) is 3.11. The van der Waals surface area contributed by atoms with Gasteiger partial charge in [-0.1, -0.05) is 23.7 Å². The molecule has 7 nitrogen and oxygen atoms in total. The number of methoxy groups -OCH3 is 1. The van der Waals surface area contributed by atoms with Gasteiger partial charge in [0.25, 0.3) is 5.91 Å². The Kier molecular flexibility index (Phi) is 6.11. The van der Waals surface area contributed by atoms with Gasteiger partial charge in [-0.25, -0.2) is 9.18 Å². The van der Waals surface area contributed by atoms with Crippen LogP contribution >= 0.6 is 11.6 Å². The van der Waals surface area contributed by atoms with Crippen molar-refractivity contribution in [2.45, 2.75) is 0 Å². The first-order valence-corrected chi connectivity index (χ1v) is 10.4. The maximum atomic E-state index is 14.0. The van der Waals surface area contributed by atoms with Crippen molar-refractivity contribution >= 4 is 45.8 Å². The predicted octanol–water partition coefficient (Wildman–Crippen LogP) is 2.09. The highest BCUT2D eigenvalue weighted by Crippen LogP contribution is 2.30. The van der Waals surface area contributed by atoms with E-state index in [4.69, 9.17) is 16.3 Å². The second-order valence-corrected chi connectivity index (χ2v) is 7.91. The zero-order valence-electron chi connectivity index (χ0n) is 17.0. The van der Waals surface area contributed by atoms with Crippen molar-refractivity contribution in [2.75, 3.05) is 50.1 Å². The number of aromatic nitrogens is 1. The molecule has 1 fully saturated rings. The Morgan fingerprint density at radius 2 is 1.97 bits per heavy atom. The van der Waals surface area contributed by atoms with Crippen molar-refractivity contribution < 1.29 is 23.6 Å². The Morgan fingerprint density at radius 1 is 1.23 bits per heavy atom. The van der Waals surface area contributed by atoms with E-state index in [1.807, 2.05) is 11.0 Å². The van der Waals surface area contributed by atoms with E-state index in [-0.39, 0.29) is 24.0 Å². The topological polar surface area (TPSA) is 78.9 Å². The summed E-state index contributed by atoms with van der Waals surface area (Å²) in [5, 5.41) is 3.98. The Labute approximate surface area is 183 Å². The number of H-pyrrole nitrogens is 1. The van der Waals surface area contributed by atoms with Crippen LogP contribution < -0.4 is 15.1 Å². The van der Waals surface area contributed by atoms with Crippen LogP contribution in [0.4, 0.5) is 15.8 Å². The highest BCUT2D eigenvalue weighted by molar-refractivity contribution is 6.31. The number of esters is 1. The first-order chi connectivity index (χ1) is 15.0. The summed E-state index contributed by atoms with van der Waals surface area (Å²) < 4.78 is 18.9. The summed E-state index contributed by atoms with van der Waals surface area (Å²) in [5.41, 5.74) is 1.79. The van der Waals surface area contributed by atoms with Gasteiger partial charge in [-0.3, -0.25) is 4.79 Å². The van der Waals surface area contributed by atoms with Gasteiger partial charge < -0.3 is 24.8 Å². The molecule has 1 aliphatic rings. The minimum Gasteiger partial charge on any atom is -0.464 e. The van der Waals surface area contributed by atoms with Gasteiger partial charge in [-0.2, -0.15) is 0 Å². The lowest BCUT2D eigenvalue weighted by molar-refractivity contribution is -0.892. The van der Waals surface area contributed by atoms with Crippen molar-refractivity contribution in [2.24, 2.45) is 0 Å². The van der Waals surface area contributed by atoms with E-state index in [1.165, 1.54) is 13.2 Å². The summed E-state index contributed by atoms with van der Waals surface area (Å²) in [6.45, 7) is 2.94. The molecule has 3 N–H and O–H groups in total. The number of nitrogens with one attached hydrogen (secondary N) is 3. The molecule has 2 aromatic carbocycles. The number of benzene rings is 2. The summed E-state index contributed by atoms with van der Waals surface area (Å²) in [5.74, 6) is -1.04. The lowest BCUT2D eigenvalue weighted by atomic mass is 10.2. The first-order valence-electron chi connectivity index (χ1n) is 9.98. The largest absolute Gasteiger partial charge is 0.464 e. The van der Waals surface area contributed by atoms with Gasteiger partial charge in [-0.05, 0) is 30.3 Å². The molecule has 0 radical (unpaired) electrons. The molecule has 0 bridgehead atoms. The molecule has 4 rings (SSSR count). The number of amides is 1. The second-order valence-electron chi connectivity index (χ2n) is 7.47. The predicted molar refractivity (Wildman–Crippen MR) is 117 cm³/mol. The Hall–Kier alpha value is -3.10. The third-order valence-electron chi connectivity index (χ3n) is 5.49. The maximum Gasteiger partial charge on any atom is 0.356 e. The van der Waals surface area contributed by atoms with Crippen molar-refractivity contribution in [3.05, 3.63) is 59.0 Å².